The largest absolute Gasteiger partial charge is 0.459 e. The molecule has 0 unspecified atom stereocenters. The van der Waals surface area contributed by atoms with Crippen molar-refractivity contribution >= 4 is 11.6 Å². The van der Waals surface area contributed by atoms with Crippen molar-refractivity contribution in [3.8, 4) is 22.6 Å². The number of nitrogens with zero attached hydrogens (tertiary/aromatic N) is 5. The number of aromatic nitrogens is 5. The van der Waals surface area contributed by atoms with E-state index in [0.29, 0.717) is 29.2 Å². The summed E-state index contributed by atoms with van der Waals surface area (Å²) in [7, 11) is 0. The summed E-state index contributed by atoms with van der Waals surface area (Å²) in [6.07, 6.45) is 14.1. The van der Waals surface area contributed by atoms with Gasteiger partial charge in [0.15, 0.2) is 5.76 Å². The Bertz CT molecular complexity index is 1230. The molecule has 0 spiro atoms. The van der Waals surface area contributed by atoms with Gasteiger partial charge < -0.3 is 9.73 Å². The summed E-state index contributed by atoms with van der Waals surface area (Å²) in [5, 5.41) is 12.7. The Hall–Kier alpha value is -3.68. The molecule has 6 rings (SSSR count). The monoisotopic (exact) mass is 428 g/mol. The SMILES string of the molecule is O=C(Nc1c(-c2ccccn2)nn(C2CCC2)c1-c1cnn(C2CCC2)c1)c1ccco1. The summed E-state index contributed by atoms with van der Waals surface area (Å²) in [5.74, 6) is -0.0579. The molecule has 32 heavy (non-hydrogen) atoms. The van der Waals surface area contributed by atoms with Gasteiger partial charge in [0.2, 0.25) is 0 Å². The molecule has 2 aliphatic rings. The third kappa shape index (κ3) is 3.23. The summed E-state index contributed by atoms with van der Waals surface area (Å²) < 4.78 is 9.45. The molecular formula is C24H24N6O2. The maximum absolute atomic E-state index is 13.0. The van der Waals surface area contributed by atoms with Crippen molar-refractivity contribution in [3.05, 3.63) is 60.9 Å². The predicted octanol–water partition coefficient (Wildman–Crippen LogP) is 5.10. The fourth-order valence-electron chi connectivity index (χ4n) is 4.30. The number of hydrogen-bond acceptors (Lipinski definition) is 5. The van der Waals surface area contributed by atoms with Crippen LogP contribution in [0.15, 0.2) is 59.6 Å². The molecular weight excluding hydrogens is 404 g/mol. The van der Waals surface area contributed by atoms with Crippen LogP contribution in [0.1, 0.15) is 61.2 Å². The average molecular weight is 428 g/mol. The zero-order valence-corrected chi connectivity index (χ0v) is 17.6. The Kier molecular flexibility index (Phi) is 4.63. The van der Waals surface area contributed by atoms with E-state index < -0.39 is 0 Å². The molecule has 8 nitrogen and oxygen atoms in total. The first-order valence-corrected chi connectivity index (χ1v) is 11.2. The topological polar surface area (TPSA) is 90.8 Å². The molecule has 0 bridgehead atoms. The minimum atomic E-state index is -0.312. The molecule has 1 amide bonds. The maximum Gasteiger partial charge on any atom is 0.291 e. The zero-order valence-electron chi connectivity index (χ0n) is 17.6. The summed E-state index contributed by atoms with van der Waals surface area (Å²) in [4.78, 5) is 17.5. The quantitative estimate of drug-likeness (QED) is 0.461. The molecule has 4 aromatic rings. The van der Waals surface area contributed by atoms with E-state index in [-0.39, 0.29) is 11.7 Å². The predicted molar refractivity (Wildman–Crippen MR) is 119 cm³/mol. The van der Waals surface area contributed by atoms with Gasteiger partial charge in [0.25, 0.3) is 5.91 Å². The number of nitrogens with one attached hydrogen (secondary N) is 1. The smallest absolute Gasteiger partial charge is 0.291 e. The maximum atomic E-state index is 13.0. The highest BCUT2D eigenvalue weighted by atomic mass is 16.3. The van der Waals surface area contributed by atoms with Crippen molar-refractivity contribution in [2.75, 3.05) is 5.32 Å². The minimum Gasteiger partial charge on any atom is -0.459 e. The fraction of sp³-hybridized carbons (Fsp3) is 0.333. The lowest BCUT2D eigenvalue weighted by Crippen LogP contribution is -2.19. The highest BCUT2D eigenvalue weighted by molar-refractivity contribution is 6.06. The van der Waals surface area contributed by atoms with E-state index in [2.05, 4.69) is 31.0 Å². The van der Waals surface area contributed by atoms with Crippen LogP contribution in [0.25, 0.3) is 22.6 Å². The van der Waals surface area contributed by atoms with Crippen LogP contribution in [-0.4, -0.2) is 30.5 Å². The van der Waals surface area contributed by atoms with Crippen LogP contribution in [0.2, 0.25) is 0 Å². The molecule has 1 N–H and O–H groups in total. The van der Waals surface area contributed by atoms with Crippen LogP contribution >= 0.6 is 0 Å². The molecule has 4 heterocycles. The summed E-state index contributed by atoms with van der Waals surface area (Å²) >= 11 is 0. The highest BCUT2D eigenvalue weighted by Crippen LogP contribution is 2.43. The highest BCUT2D eigenvalue weighted by Gasteiger charge is 2.31. The number of hydrogen-bond donors (Lipinski definition) is 1. The van der Waals surface area contributed by atoms with Crippen LogP contribution in [0.4, 0.5) is 5.69 Å². The van der Waals surface area contributed by atoms with Crippen molar-refractivity contribution in [1.82, 2.24) is 24.5 Å². The summed E-state index contributed by atoms with van der Waals surface area (Å²) in [5.41, 5.74) is 3.84. The Morgan fingerprint density at radius 2 is 1.91 bits per heavy atom. The van der Waals surface area contributed by atoms with E-state index >= 15 is 0 Å². The van der Waals surface area contributed by atoms with Crippen molar-refractivity contribution in [3.63, 3.8) is 0 Å². The molecule has 2 aliphatic carbocycles. The molecule has 162 valence electrons. The molecule has 2 saturated carbocycles. The average Bonchev–Trinajstić information content (AvgIpc) is 3.47. The second-order valence-electron chi connectivity index (χ2n) is 8.54. The standard InChI is InChI=1S/C24H24N6O2/c31-24(20-11-5-13-32-20)27-22-21(19-10-1-2-12-25-19)28-30(18-8-4-9-18)23(22)16-14-26-29(15-16)17-6-3-7-17/h1-2,5,10-15,17-18H,3-4,6-9H2,(H,27,31). The van der Waals surface area contributed by atoms with Gasteiger partial charge in [0, 0.05) is 18.0 Å². The molecule has 2 fully saturated rings. The minimum absolute atomic E-state index is 0.254. The molecule has 0 atom stereocenters. The summed E-state index contributed by atoms with van der Waals surface area (Å²) in [6.45, 7) is 0. The first-order chi connectivity index (χ1) is 15.8. The number of amides is 1. The molecule has 8 heteroatoms. The van der Waals surface area contributed by atoms with Crippen molar-refractivity contribution in [2.45, 2.75) is 50.6 Å². The van der Waals surface area contributed by atoms with Gasteiger partial charge >= 0.3 is 0 Å². The lowest BCUT2D eigenvalue weighted by molar-refractivity contribution is 0.0996. The lowest BCUT2D eigenvalue weighted by atomic mass is 9.92. The number of rotatable bonds is 6. The first kappa shape index (κ1) is 19.0. The van der Waals surface area contributed by atoms with Gasteiger partial charge in [0.05, 0.1) is 41.6 Å². The number of anilines is 1. The van der Waals surface area contributed by atoms with E-state index in [0.717, 1.165) is 36.9 Å². The van der Waals surface area contributed by atoms with Gasteiger partial charge in [-0.25, -0.2) is 0 Å². The Morgan fingerprint density at radius 1 is 1.06 bits per heavy atom. The number of furan rings is 1. The van der Waals surface area contributed by atoms with Gasteiger partial charge in [-0.3, -0.25) is 19.1 Å². The van der Waals surface area contributed by atoms with E-state index in [4.69, 9.17) is 9.52 Å². The normalized spacial score (nSPS) is 16.5. The van der Waals surface area contributed by atoms with Crippen LogP contribution in [0.3, 0.4) is 0 Å². The van der Waals surface area contributed by atoms with Crippen molar-refractivity contribution < 1.29 is 9.21 Å². The van der Waals surface area contributed by atoms with Gasteiger partial charge in [0.1, 0.15) is 5.69 Å². The number of pyridine rings is 1. The Labute approximate surface area is 185 Å². The Balaban J connectivity index is 1.50. The second kappa shape index (κ2) is 7.78. The number of carbonyl (C=O) groups is 1. The van der Waals surface area contributed by atoms with Crippen LogP contribution < -0.4 is 5.32 Å². The summed E-state index contributed by atoms with van der Waals surface area (Å²) in [6, 6.07) is 9.83. The molecule has 0 aliphatic heterocycles. The van der Waals surface area contributed by atoms with E-state index in [9.17, 15) is 4.79 Å². The molecule has 4 aromatic heterocycles. The lowest BCUT2D eigenvalue weighted by Gasteiger charge is -2.27. The second-order valence-corrected chi connectivity index (χ2v) is 8.54. The van der Waals surface area contributed by atoms with Crippen LogP contribution in [0.5, 0.6) is 0 Å². The van der Waals surface area contributed by atoms with Gasteiger partial charge in [-0.05, 0) is 62.8 Å². The van der Waals surface area contributed by atoms with Crippen molar-refractivity contribution in [2.24, 2.45) is 0 Å². The van der Waals surface area contributed by atoms with Crippen LogP contribution in [-0.2, 0) is 0 Å². The Morgan fingerprint density at radius 3 is 2.56 bits per heavy atom. The van der Waals surface area contributed by atoms with E-state index in [1.165, 1.54) is 19.1 Å². The van der Waals surface area contributed by atoms with Gasteiger partial charge in [-0.15, -0.1) is 0 Å². The molecule has 0 aromatic carbocycles. The molecule has 0 radical (unpaired) electrons. The van der Waals surface area contributed by atoms with E-state index in [1.807, 2.05) is 24.4 Å². The zero-order chi connectivity index (χ0) is 21.5. The van der Waals surface area contributed by atoms with E-state index in [1.54, 1.807) is 18.3 Å². The third-order valence-electron chi connectivity index (χ3n) is 6.55. The third-order valence-corrected chi connectivity index (χ3v) is 6.55. The van der Waals surface area contributed by atoms with Gasteiger partial charge in [-0.1, -0.05) is 6.07 Å². The van der Waals surface area contributed by atoms with Crippen molar-refractivity contribution in [1.29, 1.82) is 0 Å². The van der Waals surface area contributed by atoms with Gasteiger partial charge in [-0.2, -0.15) is 10.2 Å². The fourth-order valence-corrected chi connectivity index (χ4v) is 4.30. The number of carbonyl (C=O) groups excluding carboxylic acids is 1. The first-order valence-electron chi connectivity index (χ1n) is 11.2. The van der Waals surface area contributed by atoms with Crippen LogP contribution in [0, 0.1) is 0 Å². The molecule has 0 saturated heterocycles.